The Morgan fingerprint density at radius 1 is 1.38 bits per heavy atom. The second kappa shape index (κ2) is 3.12. The molecule has 3 heteroatoms. The van der Waals surface area contributed by atoms with Crippen LogP contribution in [0.5, 0.6) is 0 Å². The summed E-state index contributed by atoms with van der Waals surface area (Å²) < 4.78 is 0. The summed E-state index contributed by atoms with van der Waals surface area (Å²) in [4.78, 5) is 0. The molecule has 0 heterocycles. The van der Waals surface area contributed by atoms with Crippen LogP contribution in [0.15, 0.2) is 0 Å². The van der Waals surface area contributed by atoms with Crippen molar-refractivity contribution in [2.24, 2.45) is 5.92 Å². The highest BCUT2D eigenvalue weighted by molar-refractivity contribution is 7.80. The molecule has 0 saturated heterocycles. The minimum absolute atomic E-state index is 0.332. The first-order valence-corrected chi connectivity index (χ1v) is 5.62. The van der Waals surface area contributed by atoms with Crippen molar-refractivity contribution in [2.75, 3.05) is 0 Å². The molecule has 0 aromatic heterocycles. The van der Waals surface area contributed by atoms with Crippen molar-refractivity contribution in [3.8, 4) is 0 Å². The molecule has 2 N–H and O–H groups in total. The molecular weight excluding hydrogens is 180 g/mol. The van der Waals surface area contributed by atoms with E-state index in [0.29, 0.717) is 17.5 Å². The molecule has 0 aromatic carbocycles. The zero-order valence-electron chi connectivity index (χ0n) is 8.39. The van der Waals surface area contributed by atoms with Gasteiger partial charge in [0.1, 0.15) is 0 Å². The fourth-order valence-corrected chi connectivity index (χ4v) is 2.03. The van der Waals surface area contributed by atoms with Crippen LogP contribution in [0.2, 0.25) is 0 Å². The second-order valence-corrected chi connectivity index (χ2v) is 5.09. The molecule has 0 aromatic rings. The van der Waals surface area contributed by atoms with Crippen LogP contribution in [0, 0.1) is 5.92 Å². The van der Waals surface area contributed by atoms with E-state index in [9.17, 15) is 0 Å². The van der Waals surface area contributed by atoms with Crippen molar-refractivity contribution in [3.05, 3.63) is 0 Å². The normalized spacial score (nSPS) is 24.2. The first-order valence-electron chi connectivity index (χ1n) is 5.21. The Hall–Kier alpha value is -0.310. The standard InChI is InChI=1S/C10H18N2S/c1-7(2)10(5-6-10)12-9(13)11-8-3-4-8/h7-8H,3-6H2,1-2H3,(H2,11,12,13). The summed E-state index contributed by atoms with van der Waals surface area (Å²) in [5.41, 5.74) is 0.332. The molecule has 0 amide bonds. The fourth-order valence-electron chi connectivity index (χ4n) is 1.66. The van der Waals surface area contributed by atoms with Gasteiger partial charge in [-0.1, -0.05) is 13.8 Å². The summed E-state index contributed by atoms with van der Waals surface area (Å²) in [5, 5.41) is 7.65. The van der Waals surface area contributed by atoms with Gasteiger partial charge in [0.15, 0.2) is 5.11 Å². The van der Waals surface area contributed by atoms with Gasteiger partial charge in [0, 0.05) is 11.6 Å². The molecule has 0 atom stereocenters. The predicted octanol–water partition coefficient (Wildman–Crippen LogP) is 1.80. The molecule has 74 valence electrons. The number of hydrogen-bond acceptors (Lipinski definition) is 1. The molecule has 0 radical (unpaired) electrons. The van der Waals surface area contributed by atoms with Crippen LogP contribution < -0.4 is 10.6 Å². The van der Waals surface area contributed by atoms with E-state index < -0.39 is 0 Å². The number of thiocarbonyl (C=S) groups is 1. The summed E-state index contributed by atoms with van der Waals surface area (Å²) in [5.74, 6) is 0.687. The largest absolute Gasteiger partial charge is 0.360 e. The van der Waals surface area contributed by atoms with Gasteiger partial charge in [0.2, 0.25) is 0 Å². The third-order valence-corrected chi connectivity index (χ3v) is 3.39. The van der Waals surface area contributed by atoms with E-state index >= 15 is 0 Å². The molecule has 2 saturated carbocycles. The number of nitrogens with one attached hydrogen (secondary N) is 2. The third kappa shape index (κ3) is 2.13. The smallest absolute Gasteiger partial charge is 0.166 e. The first-order chi connectivity index (χ1) is 6.12. The lowest BCUT2D eigenvalue weighted by Gasteiger charge is -2.23. The fraction of sp³-hybridized carbons (Fsp3) is 0.900. The molecule has 0 spiro atoms. The van der Waals surface area contributed by atoms with Crippen LogP contribution in [-0.2, 0) is 0 Å². The van der Waals surface area contributed by atoms with Crippen LogP contribution in [0.3, 0.4) is 0 Å². The lowest BCUT2D eigenvalue weighted by molar-refractivity contribution is 0.433. The molecule has 13 heavy (non-hydrogen) atoms. The lowest BCUT2D eigenvalue weighted by atomic mass is 10.0. The molecule has 2 fully saturated rings. The van der Waals surface area contributed by atoms with Crippen LogP contribution in [0.1, 0.15) is 39.5 Å². The Kier molecular flexibility index (Phi) is 2.22. The minimum Gasteiger partial charge on any atom is -0.360 e. The molecular formula is C10H18N2S. The average Bonchev–Trinajstić information content (AvgIpc) is 2.83. The maximum atomic E-state index is 5.26. The predicted molar refractivity (Wildman–Crippen MR) is 58.7 cm³/mol. The summed E-state index contributed by atoms with van der Waals surface area (Å²) in [7, 11) is 0. The van der Waals surface area contributed by atoms with E-state index in [1.807, 2.05) is 0 Å². The van der Waals surface area contributed by atoms with Gasteiger partial charge in [-0.15, -0.1) is 0 Å². The van der Waals surface area contributed by atoms with Gasteiger partial charge >= 0.3 is 0 Å². The Labute approximate surface area is 85.5 Å². The Morgan fingerprint density at radius 3 is 2.38 bits per heavy atom. The summed E-state index contributed by atoms with van der Waals surface area (Å²) in [6, 6.07) is 0.669. The van der Waals surface area contributed by atoms with Gasteiger partial charge in [-0.2, -0.15) is 0 Å². The van der Waals surface area contributed by atoms with Crippen molar-refractivity contribution in [1.29, 1.82) is 0 Å². The van der Waals surface area contributed by atoms with Gasteiger partial charge in [-0.05, 0) is 43.8 Å². The van der Waals surface area contributed by atoms with Crippen molar-refractivity contribution < 1.29 is 0 Å². The van der Waals surface area contributed by atoms with Gasteiger partial charge in [-0.3, -0.25) is 0 Å². The highest BCUT2D eigenvalue weighted by atomic mass is 32.1. The van der Waals surface area contributed by atoms with Crippen LogP contribution in [0.25, 0.3) is 0 Å². The summed E-state index contributed by atoms with van der Waals surface area (Å²) in [6.45, 7) is 4.53. The lowest BCUT2D eigenvalue weighted by Crippen LogP contribution is -2.46. The van der Waals surface area contributed by atoms with Crippen LogP contribution in [-0.4, -0.2) is 16.7 Å². The summed E-state index contributed by atoms with van der Waals surface area (Å²) in [6.07, 6.45) is 5.13. The average molecular weight is 198 g/mol. The quantitative estimate of drug-likeness (QED) is 0.676. The maximum absolute atomic E-state index is 5.26. The summed E-state index contributed by atoms with van der Waals surface area (Å²) >= 11 is 5.26. The molecule has 0 bridgehead atoms. The van der Waals surface area contributed by atoms with Gasteiger partial charge < -0.3 is 10.6 Å². The van der Waals surface area contributed by atoms with E-state index in [4.69, 9.17) is 12.2 Å². The van der Waals surface area contributed by atoms with Crippen molar-refractivity contribution >= 4 is 17.3 Å². The van der Waals surface area contributed by atoms with Crippen molar-refractivity contribution in [1.82, 2.24) is 10.6 Å². The molecule has 2 aliphatic carbocycles. The number of rotatable bonds is 3. The van der Waals surface area contributed by atoms with E-state index in [1.165, 1.54) is 25.7 Å². The molecule has 2 aliphatic rings. The third-order valence-electron chi connectivity index (χ3n) is 3.17. The van der Waals surface area contributed by atoms with Crippen molar-refractivity contribution in [2.45, 2.75) is 51.1 Å². The van der Waals surface area contributed by atoms with E-state index in [-0.39, 0.29) is 0 Å². The SMILES string of the molecule is CC(C)C1(NC(=S)NC2CC2)CC1. The van der Waals surface area contributed by atoms with Crippen LogP contribution >= 0.6 is 12.2 Å². The zero-order chi connectivity index (χ0) is 9.47. The van der Waals surface area contributed by atoms with E-state index in [1.54, 1.807) is 0 Å². The minimum atomic E-state index is 0.332. The molecule has 0 unspecified atom stereocenters. The Bertz CT molecular complexity index is 217. The highest BCUT2D eigenvalue weighted by Crippen LogP contribution is 2.42. The van der Waals surface area contributed by atoms with E-state index in [2.05, 4.69) is 24.5 Å². The van der Waals surface area contributed by atoms with Gasteiger partial charge in [0.25, 0.3) is 0 Å². The van der Waals surface area contributed by atoms with Crippen LogP contribution in [0.4, 0.5) is 0 Å². The monoisotopic (exact) mass is 198 g/mol. The van der Waals surface area contributed by atoms with E-state index in [0.717, 1.165) is 5.11 Å². The second-order valence-electron chi connectivity index (χ2n) is 4.68. The van der Waals surface area contributed by atoms with Crippen molar-refractivity contribution in [3.63, 3.8) is 0 Å². The van der Waals surface area contributed by atoms with Gasteiger partial charge in [-0.25, -0.2) is 0 Å². The zero-order valence-corrected chi connectivity index (χ0v) is 9.21. The molecule has 2 nitrogen and oxygen atoms in total. The Morgan fingerprint density at radius 2 is 2.00 bits per heavy atom. The maximum Gasteiger partial charge on any atom is 0.166 e. The first kappa shape index (κ1) is 9.25. The topological polar surface area (TPSA) is 24.1 Å². The highest BCUT2D eigenvalue weighted by Gasteiger charge is 2.46. The Balaban J connectivity index is 1.79. The molecule has 2 rings (SSSR count). The van der Waals surface area contributed by atoms with Gasteiger partial charge in [0.05, 0.1) is 0 Å². The number of hydrogen-bond donors (Lipinski definition) is 2. The molecule has 0 aliphatic heterocycles.